The lowest BCUT2D eigenvalue weighted by Crippen LogP contribution is -2.21. The zero-order chi connectivity index (χ0) is 11.8. The SMILES string of the molecule is CN(CCO)Cc1cccc(C#CCO)c1. The zero-order valence-electron chi connectivity index (χ0n) is 9.48. The van der Waals surface area contributed by atoms with Crippen LogP contribution in [0.5, 0.6) is 0 Å². The summed E-state index contributed by atoms with van der Waals surface area (Å²) in [6.07, 6.45) is 0. The fourth-order valence-electron chi connectivity index (χ4n) is 1.45. The van der Waals surface area contributed by atoms with Gasteiger partial charge < -0.3 is 10.2 Å². The number of benzene rings is 1. The van der Waals surface area contributed by atoms with Crippen molar-refractivity contribution >= 4 is 0 Å². The van der Waals surface area contributed by atoms with Crippen molar-refractivity contribution in [3.63, 3.8) is 0 Å². The van der Waals surface area contributed by atoms with E-state index in [4.69, 9.17) is 10.2 Å². The highest BCUT2D eigenvalue weighted by molar-refractivity contribution is 5.37. The third-order valence-corrected chi connectivity index (χ3v) is 2.17. The summed E-state index contributed by atoms with van der Waals surface area (Å²) < 4.78 is 0. The van der Waals surface area contributed by atoms with E-state index in [-0.39, 0.29) is 13.2 Å². The molecule has 3 nitrogen and oxygen atoms in total. The van der Waals surface area contributed by atoms with Crippen molar-refractivity contribution in [2.75, 3.05) is 26.8 Å². The lowest BCUT2D eigenvalue weighted by atomic mass is 10.1. The minimum absolute atomic E-state index is 0.116. The Balaban J connectivity index is 2.67. The lowest BCUT2D eigenvalue weighted by molar-refractivity contribution is 0.217. The van der Waals surface area contributed by atoms with Crippen molar-refractivity contribution in [3.05, 3.63) is 35.4 Å². The van der Waals surface area contributed by atoms with Gasteiger partial charge in [-0.2, -0.15) is 0 Å². The Morgan fingerprint density at radius 1 is 1.31 bits per heavy atom. The number of likely N-dealkylation sites (N-methyl/N-ethyl adjacent to an activating group) is 1. The first kappa shape index (κ1) is 12.7. The number of rotatable bonds is 4. The maximum absolute atomic E-state index is 8.79. The average molecular weight is 219 g/mol. The molecule has 0 amide bonds. The number of hydrogen-bond donors (Lipinski definition) is 2. The molecule has 86 valence electrons. The molecule has 0 bridgehead atoms. The van der Waals surface area contributed by atoms with Gasteiger partial charge in [0.25, 0.3) is 0 Å². The molecule has 0 heterocycles. The van der Waals surface area contributed by atoms with Crippen LogP contribution in [0.25, 0.3) is 0 Å². The molecular weight excluding hydrogens is 202 g/mol. The molecule has 1 aromatic carbocycles. The second-order valence-corrected chi connectivity index (χ2v) is 3.62. The lowest BCUT2D eigenvalue weighted by Gasteiger charge is -2.14. The fourth-order valence-corrected chi connectivity index (χ4v) is 1.45. The molecule has 0 aromatic heterocycles. The van der Waals surface area contributed by atoms with Crippen molar-refractivity contribution in [1.29, 1.82) is 0 Å². The van der Waals surface area contributed by atoms with E-state index in [2.05, 4.69) is 11.8 Å². The van der Waals surface area contributed by atoms with Crippen LogP contribution in [-0.2, 0) is 6.54 Å². The van der Waals surface area contributed by atoms with Crippen molar-refractivity contribution in [2.45, 2.75) is 6.54 Å². The summed E-state index contributed by atoms with van der Waals surface area (Å²) >= 11 is 0. The molecule has 16 heavy (non-hydrogen) atoms. The Bertz CT molecular complexity index is 379. The molecule has 0 fully saturated rings. The fraction of sp³-hybridized carbons (Fsp3) is 0.385. The minimum atomic E-state index is -0.116. The van der Waals surface area contributed by atoms with E-state index in [0.29, 0.717) is 6.54 Å². The summed E-state index contributed by atoms with van der Waals surface area (Å²) in [6, 6.07) is 7.89. The number of aliphatic hydroxyl groups excluding tert-OH is 2. The molecule has 0 unspecified atom stereocenters. The highest BCUT2D eigenvalue weighted by Gasteiger charge is 1.99. The van der Waals surface area contributed by atoms with E-state index in [9.17, 15) is 0 Å². The molecule has 0 spiro atoms. The summed E-state index contributed by atoms with van der Waals surface area (Å²) in [7, 11) is 1.96. The van der Waals surface area contributed by atoms with Crippen molar-refractivity contribution in [2.24, 2.45) is 0 Å². The summed E-state index contributed by atoms with van der Waals surface area (Å²) in [5.74, 6) is 5.49. The van der Waals surface area contributed by atoms with E-state index in [0.717, 1.165) is 17.7 Å². The van der Waals surface area contributed by atoms with Gasteiger partial charge in [-0.1, -0.05) is 24.0 Å². The smallest absolute Gasteiger partial charge is 0.104 e. The van der Waals surface area contributed by atoms with Gasteiger partial charge in [-0.15, -0.1) is 0 Å². The predicted octanol–water partition coefficient (Wildman–Crippen LogP) is 0.455. The Kier molecular flexibility index (Phi) is 5.58. The van der Waals surface area contributed by atoms with Crippen LogP contribution >= 0.6 is 0 Å². The molecule has 0 radical (unpaired) electrons. The van der Waals surface area contributed by atoms with E-state index >= 15 is 0 Å². The number of aliphatic hydroxyl groups is 2. The summed E-state index contributed by atoms with van der Waals surface area (Å²) in [4.78, 5) is 2.04. The topological polar surface area (TPSA) is 43.7 Å². The molecular formula is C13H17NO2. The monoisotopic (exact) mass is 219 g/mol. The van der Waals surface area contributed by atoms with Crippen molar-refractivity contribution in [1.82, 2.24) is 4.90 Å². The number of hydrogen-bond acceptors (Lipinski definition) is 3. The van der Waals surface area contributed by atoms with Gasteiger partial charge in [-0.05, 0) is 24.7 Å². The van der Waals surface area contributed by atoms with Crippen molar-refractivity contribution in [3.8, 4) is 11.8 Å². The van der Waals surface area contributed by atoms with Crippen LogP contribution in [0.15, 0.2) is 24.3 Å². The Morgan fingerprint density at radius 2 is 2.12 bits per heavy atom. The molecule has 1 aromatic rings. The summed E-state index contributed by atoms with van der Waals surface area (Å²) in [5, 5.41) is 17.4. The molecule has 1 rings (SSSR count). The van der Waals surface area contributed by atoms with Gasteiger partial charge in [0, 0.05) is 18.7 Å². The van der Waals surface area contributed by atoms with Crippen LogP contribution in [0.2, 0.25) is 0 Å². The third kappa shape index (κ3) is 4.45. The number of nitrogens with zero attached hydrogens (tertiary/aromatic N) is 1. The largest absolute Gasteiger partial charge is 0.395 e. The van der Waals surface area contributed by atoms with Gasteiger partial charge in [0.2, 0.25) is 0 Å². The normalized spacial score (nSPS) is 10.0. The van der Waals surface area contributed by atoms with Crippen molar-refractivity contribution < 1.29 is 10.2 Å². The van der Waals surface area contributed by atoms with Gasteiger partial charge >= 0.3 is 0 Å². The molecule has 3 heteroatoms. The summed E-state index contributed by atoms with van der Waals surface area (Å²) in [6.45, 7) is 1.50. The maximum Gasteiger partial charge on any atom is 0.104 e. The molecule has 0 saturated heterocycles. The molecule has 0 atom stereocenters. The quantitative estimate of drug-likeness (QED) is 0.723. The van der Waals surface area contributed by atoms with Gasteiger partial charge in [-0.3, -0.25) is 4.90 Å². The Hall–Kier alpha value is -1.34. The predicted molar refractivity (Wildman–Crippen MR) is 63.8 cm³/mol. The highest BCUT2D eigenvalue weighted by Crippen LogP contribution is 2.06. The highest BCUT2D eigenvalue weighted by atomic mass is 16.3. The first-order valence-corrected chi connectivity index (χ1v) is 5.24. The van der Waals surface area contributed by atoms with Crippen LogP contribution in [0.4, 0.5) is 0 Å². The van der Waals surface area contributed by atoms with Gasteiger partial charge in [0.1, 0.15) is 6.61 Å². The molecule has 2 N–H and O–H groups in total. The van der Waals surface area contributed by atoms with Crippen LogP contribution in [0.3, 0.4) is 0 Å². The standard InChI is InChI=1S/C13H17NO2/c1-14(7-9-16)11-13-5-2-4-12(10-13)6-3-8-15/h2,4-5,10,15-16H,7-9,11H2,1H3. The first-order chi connectivity index (χ1) is 7.76. The van der Waals surface area contributed by atoms with E-state index in [1.54, 1.807) is 0 Å². The second-order valence-electron chi connectivity index (χ2n) is 3.62. The second kappa shape index (κ2) is 7.02. The maximum atomic E-state index is 8.79. The Morgan fingerprint density at radius 3 is 2.81 bits per heavy atom. The Labute approximate surface area is 96.3 Å². The minimum Gasteiger partial charge on any atom is -0.395 e. The van der Waals surface area contributed by atoms with E-state index in [1.807, 2.05) is 36.2 Å². The van der Waals surface area contributed by atoms with Gasteiger partial charge in [-0.25, -0.2) is 0 Å². The zero-order valence-corrected chi connectivity index (χ0v) is 9.48. The average Bonchev–Trinajstić information content (AvgIpc) is 2.27. The molecule has 0 aliphatic carbocycles. The van der Waals surface area contributed by atoms with Gasteiger partial charge in [0.05, 0.1) is 6.61 Å². The van der Waals surface area contributed by atoms with Crippen LogP contribution in [-0.4, -0.2) is 41.9 Å². The van der Waals surface area contributed by atoms with Crippen LogP contribution in [0.1, 0.15) is 11.1 Å². The van der Waals surface area contributed by atoms with Gasteiger partial charge in [0.15, 0.2) is 0 Å². The van der Waals surface area contributed by atoms with E-state index in [1.165, 1.54) is 0 Å². The third-order valence-electron chi connectivity index (χ3n) is 2.17. The summed E-state index contributed by atoms with van der Waals surface area (Å²) in [5.41, 5.74) is 2.06. The molecule has 0 aliphatic heterocycles. The van der Waals surface area contributed by atoms with Crippen LogP contribution < -0.4 is 0 Å². The molecule has 0 aliphatic rings. The first-order valence-electron chi connectivity index (χ1n) is 5.24. The molecule has 0 saturated carbocycles. The van der Waals surface area contributed by atoms with Crippen LogP contribution in [0, 0.1) is 11.8 Å². The van der Waals surface area contributed by atoms with E-state index < -0.39 is 0 Å².